The van der Waals surface area contributed by atoms with E-state index in [0.717, 1.165) is 24.4 Å². The molecule has 0 radical (unpaired) electrons. The molecule has 5 nitrogen and oxygen atoms in total. The monoisotopic (exact) mass is 343 g/mol. The summed E-state index contributed by atoms with van der Waals surface area (Å²) in [6, 6.07) is 8.19. The largest absolute Gasteiger partial charge is 0.481 e. The zero-order chi connectivity index (χ0) is 16.9. The average molecular weight is 343 g/mol. The van der Waals surface area contributed by atoms with Crippen LogP contribution in [0.2, 0.25) is 0 Å². The molecule has 3 rings (SSSR count). The van der Waals surface area contributed by atoms with Crippen molar-refractivity contribution in [3.63, 3.8) is 0 Å². The van der Waals surface area contributed by atoms with Crippen LogP contribution in [0.4, 0.5) is 0 Å². The summed E-state index contributed by atoms with van der Waals surface area (Å²) in [7, 11) is 3.18. The molecule has 0 spiro atoms. The fourth-order valence-electron chi connectivity index (χ4n) is 2.58. The molecule has 24 heavy (non-hydrogen) atoms. The first-order valence-electron chi connectivity index (χ1n) is 7.85. The van der Waals surface area contributed by atoms with Gasteiger partial charge >= 0.3 is 0 Å². The number of nitrogens with zero attached hydrogens (tertiary/aromatic N) is 2. The maximum Gasteiger partial charge on any atom is 0.220 e. The van der Waals surface area contributed by atoms with E-state index < -0.39 is 0 Å². The van der Waals surface area contributed by atoms with Gasteiger partial charge in [0.05, 0.1) is 20.3 Å². The van der Waals surface area contributed by atoms with Crippen LogP contribution in [0.5, 0.6) is 11.8 Å². The van der Waals surface area contributed by atoms with Crippen LogP contribution in [0, 0.1) is 6.92 Å². The minimum absolute atomic E-state index is 0.500. The van der Waals surface area contributed by atoms with Gasteiger partial charge in [0.15, 0.2) is 5.16 Å². The van der Waals surface area contributed by atoms with Crippen LogP contribution in [0.15, 0.2) is 40.4 Å². The highest BCUT2D eigenvalue weighted by Crippen LogP contribution is 2.35. The third kappa shape index (κ3) is 3.88. The van der Waals surface area contributed by atoms with Crippen molar-refractivity contribution in [3.8, 4) is 11.8 Å². The van der Waals surface area contributed by atoms with Crippen molar-refractivity contribution in [2.45, 2.75) is 23.4 Å². The van der Waals surface area contributed by atoms with E-state index in [1.165, 1.54) is 28.5 Å². The van der Waals surface area contributed by atoms with E-state index in [-0.39, 0.29) is 0 Å². The summed E-state index contributed by atoms with van der Waals surface area (Å²) in [6.07, 6.45) is 3.28. The molecule has 0 aliphatic carbocycles. The maximum atomic E-state index is 5.24. The molecule has 0 bridgehead atoms. The third-order valence-electron chi connectivity index (χ3n) is 3.83. The number of aromatic nitrogens is 2. The van der Waals surface area contributed by atoms with E-state index in [1.807, 2.05) is 0 Å². The molecule has 1 aromatic carbocycles. The highest BCUT2D eigenvalue weighted by atomic mass is 32.2. The lowest BCUT2D eigenvalue weighted by atomic mass is 9.99. The lowest BCUT2D eigenvalue weighted by Gasteiger charge is -2.17. The lowest BCUT2D eigenvalue weighted by molar-refractivity contribution is 0.364. The molecule has 1 N–H and O–H groups in total. The maximum absolute atomic E-state index is 5.24. The molecule has 2 aromatic rings. The van der Waals surface area contributed by atoms with Crippen molar-refractivity contribution < 1.29 is 9.47 Å². The van der Waals surface area contributed by atoms with E-state index >= 15 is 0 Å². The smallest absolute Gasteiger partial charge is 0.220 e. The van der Waals surface area contributed by atoms with Gasteiger partial charge in [0.25, 0.3) is 0 Å². The summed E-state index contributed by atoms with van der Waals surface area (Å²) in [5, 5.41) is 3.97. The predicted molar refractivity (Wildman–Crippen MR) is 95.9 cm³/mol. The predicted octanol–water partition coefficient (Wildman–Crippen LogP) is 3.33. The number of benzene rings is 1. The number of nitrogens with one attached hydrogen (secondary N) is 1. The SMILES string of the molecule is COc1cc(OC)nc(Sc2cc(C)ccc2C2=CCNCC2)n1. The molecular weight excluding hydrogens is 322 g/mol. The zero-order valence-electron chi connectivity index (χ0n) is 14.1. The van der Waals surface area contributed by atoms with E-state index in [2.05, 4.69) is 46.5 Å². The van der Waals surface area contributed by atoms with Crippen LogP contribution in [-0.4, -0.2) is 37.3 Å². The second-order valence-electron chi connectivity index (χ2n) is 5.52. The van der Waals surface area contributed by atoms with Gasteiger partial charge in [0.2, 0.25) is 11.8 Å². The minimum Gasteiger partial charge on any atom is -0.481 e. The number of aryl methyl sites for hydroxylation is 1. The Bertz CT molecular complexity index is 740. The Kier molecular flexibility index (Phi) is 5.37. The van der Waals surface area contributed by atoms with Gasteiger partial charge in [-0.3, -0.25) is 0 Å². The zero-order valence-corrected chi connectivity index (χ0v) is 14.9. The topological polar surface area (TPSA) is 56.3 Å². The molecule has 0 saturated heterocycles. The summed E-state index contributed by atoms with van der Waals surface area (Å²) in [5.41, 5.74) is 3.83. The third-order valence-corrected chi connectivity index (χ3v) is 4.75. The summed E-state index contributed by atoms with van der Waals surface area (Å²) < 4.78 is 10.5. The Labute approximate surface area is 146 Å². The second kappa shape index (κ2) is 7.68. The first-order valence-corrected chi connectivity index (χ1v) is 8.67. The van der Waals surface area contributed by atoms with Crippen molar-refractivity contribution in [2.24, 2.45) is 0 Å². The summed E-state index contributed by atoms with van der Waals surface area (Å²) in [4.78, 5) is 10.0. The van der Waals surface area contributed by atoms with Crippen LogP contribution >= 0.6 is 11.8 Å². The summed E-state index contributed by atoms with van der Waals surface area (Å²) >= 11 is 1.54. The molecule has 0 amide bonds. The second-order valence-corrected chi connectivity index (χ2v) is 6.53. The van der Waals surface area contributed by atoms with Gasteiger partial charge in [-0.15, -0.1) is 0 Å². The van der Waals surface area contributed by atoms with Crippen LogP contribution in [0.3, 0.4) is 0 Å². The normalized spacial score (nSPS) is 14.2. The highest BCUT2D eigenvalue weighted by Gasteiger charge is 2.14. The number of methoxy groups -OCH3 is 2. The molecule has 1 aliphatic rings. The summed E-state index contributed by atoms with van der Waals surface area (Å²) in [6.45, 7) is 4.02. The molecule has 1 aliphatic heterocycles. The quantitative estimate of drug-likeness (QED) is 0.841. The van der Waals surface area contributed by atoms with Gasteiger partial charge in [-0.25, -0.2) is 0 Å². The number of hydrogen-bond acceptors (Lipinski definition) is 6. The Balaban J connectivity index is 1.97. The van der Waals surface area contributed by atoms with Crippen LogP contribution < -0.4 is 14.8 Å². The van der Waals surface area contributed by atoms with E-state index in [9.17, 15) is 0 Å². The van der Waals surface area contributed by atoms with Gasteiger partial charge in [0.1, 0.15) is 0 Å². The molecular formula is C18H21N3O2S. The molecule has 0 unspecified atom stereocenters. The van der Waals surface area contributed by atoms with Gasteiger partial charge in [-0.1, -0.05) is 18.2 Å². The fourth-order valence-corrected chi connectivity index (χ4v) is 3.61. The molecule has 2 heterocycles. The molecule has 1 aromatic heterocycles. The molecule has 6 heteroatoms. The lowest BCUT2D eigenvalue weighted by Crippen LogP contribution is -2.20. The summed E-state index contributed by atoms with van der Waals surface area (Å²) in [5.74, 6) is 0.999. The van der Waals surface area contributed by atoms with Crippen molar-refractivity contribution in [1.29, 1.82) is 0 Å². The first-order chi connectivity index (χ1) is 11.7. The first kappa shape index (κ1) is 16.8. The van der Waals surface area contributed by atoms with Crippen molar-refractivity contribution in [2.75, 3.05) is 27.3 Å². The van der Waals surface area contributed by atoms with Gasteiger partial charge in [-0.05, 0) is 54.4 Å². The standard InChI is InChI=1S/C18H21N3O2S/c1-12-4-5-14(13-6-8-19-9-7-13)15(10-12)24-18-20-16(22-2)11-17(21-18)23-3/h4-6,10-11,19H,7-9H2,1-3H3. The van der Waals surface area contributed by atoms with Gasteiger partial charge < -0.3 is 14.8 Å². The van der Waals surface area contributed by atoms with Gasteiger partial charge in [-0.2, -0.15) is 9.97 Å². The van der Waals surface area contributed by atoms with E-state index in [1.54, 1.807) is 20.3 Å². The highest BCUT2D eigenvalue weighted by molar-refractivity contribution is 7.99. The molecule has 126 valence electrons. The van der Waals surface area contributed by atoms with Crippen molar-refractivity contribution >= 4 is 17.3 Å². The van der Waals surface area contributed by atoms with Crippen LogP contribution in [0.25, 0.3) is 5.57 Å². The Morgan fingerprint density at radius 1 is 1.08 bits per heavy atom. The van der Waals surface area contributed by atoms with Gasteiger partial charge in [0, 0.05) is 11.4 Å². The fraction of sp³-hybridized carbons (Fsp3) is 0.333. The Hall–Kier alpha value is -2.05. The average Bonchev–Trinajstić information content (AvgIpc) is 2.62. The molecule has 0 saturated carbocycles. The van der Waals surface area contributed by atoms with Crippen molar-refractivity contribution in [3.05, 3.63) is 41.5 Å². The van der Waals surface area contributed by atoms with E-state index in [0.29, 0.717) is 16.9 Å². The molecule has 0 atom stereocenters. The minimum atomic E-state index is 0.500. The Morgan fingerprint density at radius 2 is 1.83 bits per heavy atom. The van der Waals surface area contributed by atoms with Crippen LogP contribution in [-0.2, 0) is 0 Å². The van der Waals surface area contributed by atoms with Crippen molar-refractivity contribution in [1.82, 2.24) is 15.3 Å². The van der Waals surface area contributed by atoms with Crippen LogP contribution in [0.1, 0.15) is 17.5 Å². The van der Waals surface area contributed by atoms with E-state index in [4.69, 9.17) is 9.47 Å². The Morgan fingerprint density at radius 3 is 2.46 bits per heavy atom. The number of rotatable bonds is 5. The number of ether oxygens (including phenoxy) is 2. The number of hydrogen-bond donors (Lipinski definition) is 1. The molecule has 0 fully saturated rings.